The summed E-state index contributed by atoms with van der Waals surface area (Å²) in [6, 6.07) is 6.19. The van der Waals surface area contributed by atoms with Gasteiger partial charge in [0.05, 0.1) is 0 Å². The highest BCUT2D eigenvalue weighted by Crippen LogP contribution is 2.12. The molecule has 116 valence electrons. The van der Waals surface area contributed by atoms with E-state index in [1.807, 2.05) is 31.2 Å². The van der Waals surface area contributed by atoms with Gasteiger partial charge in [-0.15, -0.1) is 0 Å². The highest BCUT2D eigenvalue weighted by atomic mass is 16.4. The van der Waals surface area contributed by atoms with Crippen LogP contribution in [0.4, 0.5) is 10.5 Å². The van der Waals surface area contributed by atoms with E-state index in [1.165, 1.54) is 5.56 Å². The van der Waals surface area contributed by atoms with Gasteiger partial charge in [0.15, 0.2) is 0 Å². The molecule has 0 bridgehead atoms. The second-order valence-electron chi connectivity index (χ2n) is 5.25. The van der Waals surface area contributed by atoms with Crippen molar-refractivity contribution >= 4 is 17.7 Å². The fourth-order valence-electron chi connectivity index (χ4n) is 2.03. The Balaban J connectivity index is 2.61. The maximum Gasteiger partial charge on any atom is 0.326 e. The Morgan fingerprint density at radius 3 is 2.29 bits per heavy atom. The zero-order valence-corrected chi connectivity index (χ0v) is 12.8. The van der Waals surface area contributed by atoms with E-state index >= 15 is 0 Å². The van der Waals surface area contributed by atoms with Gasteiger partial charge >= 0.3 is 12.0 Å². The maximum absolute atomic E-state index is 11.9. The van der Waals surface area contributed by atoms with Gasteiger partial charge in [-0.25, -0.2) is 9.59 Å². The summed E-state index contributed by atoms with van der Waals surface area (Å²) in [5.41, 5.74) is 1.87. The fourth-order valence-corrected chi connectivity index (χ4v) is 2.03. The number of carboxylic acids is 1. The highest BCUT2D eigenvalue weighted by molar-refractivity contribution is 5.92. The fraction of sp³-hybridized carbons (Fsp3) is 0.500. The van der Waals surface area contributed by atoms with E-state index in [1.54, 1.807) is 6.92 Å². The Kier molecular flexibility index (Phi) is 6.72. The normalized spacial score (nSPS) is 13.3. The van der Waals surface area contributed by atoms with E-state index < -0.39 is 18.0 Å². The summed E-state index contributed by atoms with van der Waals surface area (Å²) < 4.78 is 0. The molecule has 0 saturated heterocycles. The first-order valence-corrected chi connectivity index (χ1v) is 7.37. The van der Waals surface area contributed by atoms with Crippen molar-refractivity contribution < 1.29 is 14.7 Å². The van der Waals surface area contributed by atoms with Crippen molar-refractivity contribution in [2.45, 2.75) is 46.1 Å². The molecule has 0 aliphatic heterocycles. The Hall–Kier alpha value is -2.04. The number of amides is 2. The lowest BCUT2D eigenvalue weighted by Crippen LogP contribution is -2.46. The van der Waals surface area contributed by atoms with Gasteiger partial charge in [-0.1, -0.05) is 45.7 Å². The average molecular weight is 292 g/mol. The molecule has 0 heterocycles. The molecule has 2 amide bonds. The molecule has 1 aromatic rings. The molecule has 1 rings (SSSR count). The van der Waals surface area contributed by atoms with Crippen LogP contribution in [0.15, 0.2) is 24.3 Å². The second kappa shape index (κ2) is 8.29. The Morgan fingerprint density at radius 2 is 1.81 bits per heavy atom. The van der Waals surface area contributed by atoms with Crippen LogP contribution in [0, 0.1) is 5.92 Å². The van der Waals surface area contributed by atoms with Gasteiger partial charge in [0.1, 0.15) is 6.04 Å². The second-order valence-corrected chi connectivity index (χ2v) is 5.25. The van der Waals surface area contributed by atoms with Crippen molar-refractivity contribution in [2.75, 3.05) is 5.32 Å². The highest BCUT2D eigenvalue weighted by Gasteiger charge is 2.25. The quantitative estimate of drug-likeness (QED) is 0.721. The summed E-state index contributed by atoms with van der Waals surface area (Å²) in [4.78, 5) is 23.0. The van der Waals surface area contributed by atoms with E-state index in [9.17, 15) is 9.59 Å². The first-order chi connectivity index (χ1) is 9.97. The number of aryl methyl sites for hydroxylation is 1. The van der Waals surface area contributed by atoms with Gasteiger partial charge in [0.25, 0.3) is 0 Å². The van der Waals surface area contributed by atoms with Gasteiger partial charge in [-0.3, -0.25) is 0 Å². The minimum Gasteiger partial charge on any atom is -0.480 e. The number of urea groups is 1. The number of carboxylic acid groups (broad SMARTS) is 1. The number of aliphatic carboxylic acids is 1. The van der Waals surface area contributed by atoms with Gasteiger partial charge in [0.2, 0.25) is 0 Å². The third kappa shape index (κ3) is 5.45. The van der Waals surface area contributed by atoms with Crippen LogP contribution in [0.5, 0.6) is 0 Å². The Bertz CT molecular complexity index is 471. The number of carbonyl (C=O) groups is 2. The molecule has 2 atom stereocenters. The molecular formula is C16H24N2O3. The van der Waals surface area contributed by atoms with Gasteiger partial charge in [0, 0.05) is 5.69 Å². The van der Waals surface area contributed by atoms with Crippen LogP contribution in [0.1, 0.15) is 39.2 Å². The lowest BCUT2D eigenvalue weighted by atomic mass is 9.99. The van der Waals surface area contributed by atoms with E-state index in [2.05, 4.69) is 17.6 Å². The first-order valence-electron chi connectivity index (χ1n) is 7.37. The zero-order chi connectivity index (χ0) is 15.8. The van der Waals surface area contributed by atoms with E-state index in [-0.39, 0.29) is 5.92 Å². The molecule has 2 unspecified atom stereocenters. The number of hydrogen-bond donors (Lipinski definition) is 3. The van der Waals surface area contributed by atoms with E-state index in [0.29, 0.717) is 12.1 Å². The minimum atomic E-state index is -1.02. The molecule has 5 heteroatoms. The van der Waals surface area contributed by atoms with Crippen molar-refractivity contribution in [3.05, 3.63) is 29.8 Å². The van der Waals surface area contributed by atoms with Crippen molar-refractivity contribution in [3.8, 4) is 0 Å². The Morgan fingerprint density at radius 1 is 1.19 bits per heavy atom. The summed E-state index contributed by atoms with van der Waals surface area (Å²) in [5.74, 6) is -1.14. The SMILES string of the molecule is CCCc1ccc(NC(=O)NC(C(=O)O)C(C)CC)cc1. The number of benzene rings is 1. The maximum atomic E-state index is 11.9. The van der Waals surface area contributed by atoms with Crippen LogP contribution in [-0.2, 0) is 11.2 Å². The molecule has 0 aliphatic carbocycles. The lowest BCUT2D eigenvalue weighted by molar-refractivity contribution is -0.140. The smallest absolute Gasteiger partial charge is 0.326 e. The number of hydrogen-bond acceptors (Lipinski definition) is 2. The summed E-state index contributed by atoms with van der Waals surface area (Å²) in [6.45, 7) is 5.81. The van der Waals surface area contributed by atoms with Gasteiger partial charge in [-0.05, 0) is 30.0 Å². The molecule has 0 saturated carbocycles. The first kappa shape index (κ1) is 17.0. The molecule has 3 N–H and O–H groups in total. The summed E-state index contributed by atoms with van der Waals surface area (Å²) in [6.07, 6.45) is 2.76. The van der Waals surface area contributed by atoms with Crippen LogP contribution < -0.4 is 10.6 Å². The zero-order valence-electron chi connectivity index (χ0n) is 12.8. The molecule has 1 aromatic carbocycles. The van der Waals surface area contributed by atoms with E-state index in [4.69, 9.17) is 5.11 Å². The van der Waals surface area contributed by atoms with Gasteiger partial charge < -0.3 is 15.7 Å². The van der Waals surface area contributed by atoms with Crippen molar-refractivity contribution in [1.29, 1.82) is 0 Å². The number of anilines is 1. The van der Waals surface area contributed by atoms with Crippen LogP contribution in [0.2, 0.25) is 0 Å². The van der Waals surface area contributed by atoms with E-state index in [0.717, 1.165) is 12.8 Å². The predicted octanol–water partition coefficient (Wildman–Crippen LogP) is 3.26. The van der Waals surface area contributed by atoms with Crippen LogP contribution in [0.25, 0.3) is 0 Å². The third-order valence-corrected chi connectivity index (χ3v) is 3.52. The summed E-state index contributed by atoms with van der Waals surface area (Å²) >= 11 is 0. The van der Waals surface area contributed by atoms with Crippen LogP contribution in [-0.4, -0.2) is 23.1 Å². The molecule has 5 nitrogen and oxygen atoms in total. The van der Waals surface area contributed by atoms with Crippen molar-refractivity contribution in [1.82, 2.24) is 5.32 Å². The molecule has 21 heavy (non-hydrogen) atoms. The number of rotatable bonds is 7. The van der Waals surface area contributed by atoms with Crippen molar-refractivity contribution in [3.63, 3.8) is 0 Å². The predicted molar refractivity (Wildman–Crippen MR) is 83.5 cm³/mol. The van der Waals surface area contributed by atoms with Crippen LogP contribution in [0.3, 0.4) is 0 Å². The standard InChI is InChI=1S/C16H24N2O3/c1-4-6-12-7-9-13(10-8-12)17-16(21)18-14(15(19)20)11(3)5-2/h7-11,14H,4-6H2,1-3H3,(H,19,20)(H2,17,18,21). The molecule has 0 aromatic heterocycles. The number of nitrogens with one attached hydrogen (secondary N) is 2. The molecule has 0 aliphatic rings. The third-order valence-electron chi connectivity index (χ3n) is 3.52. The van der Waals surface area contributed by atoms with Crippen molar-refractivity contribution in [2.24, 2.45) is 5.92 Å². The monoisotopic (exact) mass is 292 g/mol. The average Bonchev–Trinajstić information content (AvgIpc) is 2.46. The van der Waals surface area contributed by atoms with Gasteiger partial charge in [-0.2, -0.15) is 0 Å². The summed E-state index contributed by atoms with van der Waals surface area (Å²) in [5, 5.41) is 14.3. The lowest BCUT2D eigenvalue weighted by Gasteiger charge is -2.20. The number of carbonyl (C=O) groups excluding carboxylic acids is 1. The molecular weight excluding hydrogens is 268 g/mol. The van der Waals surface area contributed by atoms with Crippen LogP contribution >= 0.6 is 0 Å². The molecule has 0 radical (unpaired) electrons. The molecule has 0 spiro atoms. The Labute approximate surface area is 125 Å². The largest absolute Gasteiger partial charge is 0.480 e. The molecule has 0 fully saturated rings. The summed E-state index contributed by atoms with van der Waals surface area (Å²) in [7, 11) is 0. The minimum absolute atomic E-state index is 0.125. The topological polar surface area (TPSA) is 78.4 Å².